The highest BCUT2D eigenvalue weighted by Gasteiger charge is 2.18. The smallest absolute Gasteiger partial charge is 0.264 e. The van der Waals surface area contributed by atoms with Crippen LogP contribution in [-0.2, 0) is 20.3 Å². The summed E-state index contributed by atoms with van der Waals surface area (Å²) in [4.78, 5) is 11.2. The fraction of sp³-hybridized carbons (Fsp3) is 0.364. The van der Waals surface area contributed by atoms with Crippen LogP contribution in [0.1, 0.15) is 5.56 Å². The minimum Gasteiger partial charge on any atom is -0.495 e. The number of nitrogens with one attached hydrogen (secondary N) is 1. The van der Waals surface area contributed by atoms with Crippen LogP contribution >= 0.6 is 10.7 Å². The van der Waals surface area contributed by atoms with E-state index in [-0.39, 0.29) is 23.6 Å². The summed E-state index contributed by atoms with van der Waals surface area (Å²) in [5.41, 5.74) is 0.441. The molecule has 0 unspecified atom stereocenters. The van der Waals surface area contributed by atoms with Crippen LogP contribution in [0.4, 0.5) is 4.39 Å². The van der Waals surface area contributed by atoms with E-state index in [1.54, 1.807) is 6.07 Å². The molecule has 106 valence electrons. The van der Waals surface area contributed by atoms with Crippen LogP contribution in [0.2, 0.25) is 0 Å². The third-order valence-corrected chi connectivity index (χ3v) is 3.62. The lowest BCUT2D eigenvalue weighted by atomic mass is 10.1. The maximum atomic E-state index is 11.9. The van der Waals surface area contributed by atoms with E-state index in [1.165, 1.54) is 19.2 Å². The van der Waals surface area contributed by atoms with Gasteiger partial charge in [0.05, 0.1) is 13.5 Å². The number of hydrogen-bond donors (Lipinski definition) is 1. The van der Waals surface area contributed by atoms with E-state index < -0.39 is 21.6 Å². The maximum absolute atomic E-state index is 11.9. The molecule has 0 aromatic heterocycles. The second-order valence-electron chi connectivity index (χ2n) is 3.64. The van der Waals surface area contributed by atoms with Crippen molar-refractivity contribution in [3.8, 4) is 5.75 Å². The first-order valence-corrected chi connectivity index (χ1v) is 7.63. The van der Waals surface area contributed by atoms with Crippen LogP contribution in [0.15, 0.2) is 23.1 Å². The first-order valence-electron chi connectivity index (χ1n) is 5.32. The van der Waals surface area contributed by atoms with E-state index in [4.69, 9.17) is 15.4 Å². The molecule has 0 fully saturated rings. The highest BCUT2D eigenvalue weighted by Crippen LogP contribution is 2.27. The Bertz CT molecular complexity index is 562. The van der Waals surface area contributed by atoms with Crippen LogP contribution in [-0.4, -0.2) is 34.7 Å². The van der Waals surface area contributed by atoms with E-state index in [0.717, 1.165) is 0 Å². The molecular formula is C11H13ClFNO4S. The number of benzene rings is 1. The zero-order valence-electron chi connectivity index (χ0n) is 10.2. The Hall–Kier alpha value is -1.34. The number of rotatable bonds is 6. The van der Waals surface area contributed by atoms with Crippen molar-refractivity contribution in [1.29, 1.82) is 0 Å². The van der Waals surface area contributed by atoms with Crippen molar-refractivity contribution in [2.24, 2.45) is 0 Å². The van der Waals surface area contributed by atoms with Gasteiger partial charge in [-0.3, -0.25) is 4.79 Å². The number of ether oxygens (including phenoxy) is 1. The number of methoxy groups -OCH3 is 1. The molecule has 5 nitrogen and oxygen atoms in total. The van der Waals surface area contributed by atoms with Gasteiger partial charge in [-0.25, -0.2) is 12.8 Å². The van der Waals surface area contributed by atoms with Gasteiger partial charge >= 0.3 is 0 Å². The van der Waals surface area contributed by atoms with Gasteiger partial charge in [-0.05, 0) is 17.7 Å². The number of hydrogen-bond acceptors (Lipinski definition) is 4. The van der Waals surface area contributed by atoms with E-state index in [1.807, 2.05) is 0 Å². The summed E-state index contributed by atoms with van der Waals surface area (Å²) >= 11 is 0. The van der Waals surface area contributed by atoms with Gasteiger partial charge in [0.2, 0.25) is 5.91 Å². The van der Waals surface area contributed by atoms with E-state index >= 15 is 0 Å². The summed E-state index contributed by atoms with van der Waals surface area (Å²) in [6.07, 6.45) is -0.0661. The third-order valence-electron chi connectivity index (χ3n) is 2.27. The van der Waals surface area contributed by atoms with Gasteiger partial charge in [-0.15, -0.1) is 0 Å². The minimum absolute atomic E-state index is 0.0661. The van der Waals surface area contributed by atoms with Crippen LogP contribution in [0, 0.1) is 0 Å². The molecule has 0 spiro atoms. The van der Waals surface area contributed by atoms with E-state index in [9.17, 15) is 17.6 Å². The standard InChI is InChI=1S/C11H13ClFNO4S/c1-18-9-3-2-8(6-10(9)19(12,16)17)7-11(15)14-5-4-13/h2-3,6H,4-5,7H2,1H3,(H,14,15). The lowest BCUT2D eigenvalue weighted by molar-refractivity contribution is -0.120. The van der Waals surface area contributed by atoms with Crippen molar-refractivity contribution in [1.82, 2.24) is 5.32 Å². The Kier molecular flexibility index (Phi) is 5.56. The normalized spacial score (nSPS) is 11.1. The molecular weight excluding hydrogens is 297 g/mol. The molecule has 19 heavy (non-hydrogen) atoms. The zero-order valence-corrected chi connectivity index (χ0v) is 11.7. The van der Waals surface area contributed by atoms with Crippen LogP contribution in [0.5, 0.6) is 5.75 Å². The van der Waals surface area contributed by atoms with Gasteiger partial charge < -0.3 is 10.1 Å². The first-order chi connectivity index (χ1) is 8.88. The van der Waals surface area contributed by atoms with E-state index in [0.29, 0.717) is 5.56 Å². The topological polar surface area (TPSA) is 72.5 Å². The monoisotopic (exact) mass is 309 g/mol. The van der Waals surface area contributed by atoms with Gasteiger partial charge in [0, 0.05) is 17.2 Å². The molecule has 8 heteroatoms. The zero-order chi connectivity index (χ0) is 14.5. The van der Waals surface area contributed by atoms with Crippen molar-refractivity contribution in [3.63, 3.8) is 0 Å². The fourth-order valence-corrected chi connectivity index (χ4v) is 2.50. The molecule has 0 aliphatic carbocycles. The van der Waals surface area contributed by atoms with Gasteiger partial charge in [0.1, 0.15) is 17.3 Å². The Morgan fingerprint density at radius 2 is 2.16 bits per heavy atom. The van der Waals surface area contributed by atoms with E-state index in [2.05, 4.69) is 5.32 Å². The Morgan fingerprint density at radius 3 is 2.68 bits per heavy atom. The lowest BCUT2D eigenvalue weighted by Crippen LogP contribution is -2.27. The molecule has 1 aromatic rings. The maximum Gasteiger partial charge on any atom is 0.264 e. The summed E-state index contributed by atoms with van der Waals surface area (Å²) in [6.45, 7) is -0.731. The highest BCUT2D eigenvalue weighted by molar-refractivity contribution is 8.13. The molecule has 0 aliphatic rings. The summed E-state index contributed by atoms with van der Waals surface area (Å²) in [5.74, 6) is -0.302. The third kappa shape index (κ3) is 4.68. The van der Waals surface area contributed by atoms with Crippen molar-refractivity contribution < 1.29 is 22.3 Å². The SMILES string of the molecule is COc1ccc(CC(=O)NCCF)cc1S(=O)(=O)Cl. The second-order valence-corrected chi connectivity index (χ2v) is 6.17. The molecule has 1 rings (SSSR count). The van der Waals surface area contributed by atoms with Crippen molar-refractivity contribution in [3.05, 3.63) is 23.8 Å². The molecule has 0 bridgehead atoms. The van der Waals surface area contributed by atoms with Gasteiger partial charge in [-0.1, -0.05) is 6.07 Å². The molecule has 0 atom stereocenters. The molecule has 0 saturated heterocycles. The number of carbonyl (C=O) groups is 1. The Balaban J connectivity index is 2.96. The Labute approximate surface area is 115 Å². The predicted octanol–water partition coefficient (Wildman–Crippen LogP) is 1.25. The fourth-order valence-electron chi connectivity index (χ4n) is 1.46. The van der Waals surface area contributed by atoms with Crippen molar-refractivity contribution in [2.75, 3.05) is 20.3 Å². The summed E-state index contributed by atoms with van der Waals surface area (Å²) in [7, 11) is 2.63. The highest BCUT2D eigenvalue weighted by atomic mass is 35.7. The summed E-state index contributed by atoms with van der Waals surface area (Å²) in [5, 5.41) is 2.34. The number of amides is 1. The predicted molar refractivity (Wildman–Crippen MR) is 68.7 cm³/mol. The summed E-state index contributed by atoms with van der Waals surface area (Å²) < 4.78 is 39.5. The quantitative estimate of drug-likeness (QED) is 0.803. The van der Waals surface area contributed by atoms with Gasteiger partial charge in [-0.2, -0.15) is 0 Å². The minimum atomic E-state index is -3.97. The van der Waals surface area contributed by atoms with Gasteiger partial charge in [0.25, 0.3) is 9.05 Å². The van der Waals surface area contributed by atoms with Crippen LogP contribution in [0.25, 0.3) is 0 Å². The molecule has 0 heterocycles. The number of alkyl halides is 1. The molecule has 1 N–H and O–H groups in total. The van der Waals surface area contributed by atoms with Gasteiger partial charge in [0.15, 0.2) is 0 Å². The summed E-state index contributed by atoms with van der Waals surface area (Å²) in [6, 6.07) is 4.21. The first kappa shape index (κ1) is 15.7. The average Bonchev–Trinajstić information content (AvgIpc) is 2.35. The Morgan fingerprint density at radius 1 is 1.47 bits per heavy atom. The van der Waals surface area contributed by atoms with Crippen LogP contribution in [0.3, 0.4) is 0 Å². The van der Waals surface area contributed by atoms with Crippen molar-refractivity contribution >= 4 is 25.6 Å². The molecule has 1 amide bonds. The van der Waals surface area contributed by atoms with Crippen LogP contribution < -0.4 is 10.1 Å². The molecule has 0 aliphatic heterocycles. The second kappa shape index (κ2) is 6.72. The number of halogens is 2. The molecule has 0 radical (unpaired) electrons. The van der Waals surface area contributed by atoms with Crippen molar-refractivity contribution in [2.45, 2.75) is 11.3 Å². The number of carbonyl (C=O) groups excluding carboxylic acids is 1. The lowest BCUT2D eigenvalue weighted by Gasteiger charge is -2.08. The molecule has 0 saturated carbocycles. The largest absolute Gasteiger partial charge is 0.495 e. The average molecular weight is 310 g/mol. The molecule has 1 aromatic carbocycles.